The summed E-state index contributed by atoms with van der Waals surface area (Å²) < 4.78 is 154. The van der Waals surface area contributed by atoms with E-state index >= 15 is 0 Å². The van der Waals surface area contributed by atoms with E-state index in [0.29, 0.717) is 142 Å². The number of anilines is 3. The van der Waals surface area contributed by atoms with E-state index in [1.807, 2.05) is 60.7 Å². The molecule has 6 fully saturated rings. The molecule has 3 aliphatic heterocycles. The van der Waals surface area contributed by atoms with Gasteiger partial charge in [-0.25, -0.2) is 34.4 Å². The van der Waals surface area contributed by atoms with Crippen molar-refractivity contribution in [3.05, 3.63) is 342 Å². The maximum Gasteiger partial charge on any atom is 1.00 e. The van der Waals surface area contributed by atoms with Crippen LogP contribution in [0.3, 0.4) is 0 Å². The maximum atomic E-state index is 13.9. The van der Waals surface area contributed by atoms with Crippen molar-refractivity contribution >= 4 is 65.1 Å². The summed E-state index contributed by atoms with van der Waals surface area (Å²) in [4.78, 5) is 45.5. The van der Waals surface area contributed by atoms with E-state index in [-0.39, 0.29) is 158 Å². The van der Waals surface area contributed by atoms with Gasteiger partial charge in [0.25, 0.3) is 10.1 Å². The second kappa shape index (κ2) is 37.0. The van der Waals surface area contributed by atoms with Gasteiger partial charge in [-0.2, -0.15) is 8.42 Å². The Balaban J connectivity index is 0.000000172. The van der Waals surface area contributed by atoms with E-state index in [0.717, 1.165) is 5.56 Å². The van der Waals surface area contributed by atoms with Crippen molar-refractivity contribution in [1.82, 2.24) is 0 Å². The standard InChI is InChI=1S/C32H27F2NO6S.2C32H28FNO6S.3Na.H/c33-23-6-4-22(5-7-23)32(38)17-15-31(16-18-32)29(35(30(31)37)25-10-8-24(34)9-11-25)27-14-3-21(19-28(27)36)20-1-12-26(13-2-20)42(39,40)41;33-24-11-9-23(10-12-24)32(37)18-16-31(17-19-32)29(34(30(31)36)25-4-2-1-3-5-25)27-15-8-22(20-28(27)35)21-6-13-26(14-7-21)41(38,39)40;33-24-9-11-25(12-10-24)34-29(31(30(34)36)16-18-32(37,19-17-31)23-4-2-1-3-5-23)27-15-8-22(20-28(27)35)21-6-13-26(14-7-21)41(38,39)40;;;;/h1-14,19,29,36,38H,15-18H2,(H,39,40,41);2*1-15,20,29,35,37H,16-19H2,(H,38,39,40);;;;/q;;;3*+1;-1/p-2/t3*29-,31?,32?;;;;/m111..../s1. The summed E-state index contributed by atoms with van der Waals surface area (Å²) in [5, 5.41) is 68.2. The van der Waals surface area contributed by atoms with Gasteiger partial charge in [0, 0.05) is 33.8 Å². The fraction of sp³-hybridized carbons (Fsp3) is 0.219. The first-order chi connectivity index (χ1) is 58.9. The molecular formula is C96H82F4N3Na3O18S3. The number of para-hydroxylation sites is 1. The largest absolute Gasteiger partial charge is 1.00 e. The van der Waals surface area contributed by atoms with Crippen LogP contribution in [-0.2, 0) is 61.5 Å². The van der Waals surface area contributed by atoms with Crippen LogP contribution in [0.15, 0.2) is 300 Å². The molecule has 18 rings (SSSR count). The molecule has 3 atom stereocenters. The number of aromatic hydroxyl groups is 3. The molecule has 0 unspecified atom stereocenters. The Labute approximate surface area is 799 Å². The summed E-state index contributed by atoms with van der Waals surface area (Å²) in [6.45, 7) is 0. The first-order valence-corrected chi connectivity index (χ1v) is 44.2. The van der Waals surface area contributed by atoms with Crippen LogP contribution in [0.25, 0.3) is 33.4 Å². The summed E-state index contributed by atoms with van der Waals surface area (Å²) in [7, 11) is -13.5. The van der Waals surface area contributed by atoms with Gasteiger partial charge in [0.15, 0.2) is 0 Å². The smallest absolute Gasteiger partial charge is 1.00 e. The second-order valence-electron chi connectivity index (χ2n) is 32.7. The molecule has 12 aromatic carbocycles. The van der Waals surface area contributed by atoms with E-state index in [1.54, 1.807) is 82.6 Å². The van der Waals surface area contributed by atoms with E-state index in [9.17, 15) is 101 Å². The summed E-state index contributed by atoms with van der Waals surface area (Å²) in [6, 6.07) is 71.1. The van der Waals surface area contributed by atoms with Gasteiger partial charge in [-0.3, -0.25) is 18.9 Å². The summed E-state index contributed by atoms with van der Waals surface area (Å²) in [5.74, 6) is -2.26. The normalized spacial score (nSPS) is 23.7. The summed E-state index contributed by atoms with van der Waals surface area (Å²) in [5.41, 5.74) is 2.69. The molecule has 3 amide bonds. The number of hydrogen-bond donors (Lipinski definition) is 7. The van der Waals surface area contributed by atoms with Gasteiger partial charge >= 0.3 is 88.7 Å². The van der Waals surface area contributed by atoms with E-state index in [4.69, 9.17) is 0 Å². The molecule has 3 heterocycles. The van der Waals surface area contributed by atoms with Gasteiger partial charge in [0.2, 0.25) is 17.7 Å². The molecule has 0 bridgehead atoms. The topological polar surface area (TPSA) is 351 Å². The minimum Gasteiger partial charge on any atom is -1.00 e. The Hall–Kier alpha value is -9.22. The number of benzene rings is 12. The molecule has 127 heavy (non-hydrogen) atoms. The Morgan fingerprint density at radius 2 is 0.528 bits per heavy atom. The first-order valence-electron chi connectivity index (χ1n) is 40.0. The van der Waals surface area contributed by atoms with Crippen LogP contribution in [-0.4, -0.2) is 87.3 Å². The zero-order valence-electron chi connectivity index (χ0n) is 70.1. The molecule has 31 heteroatoms. The van der Waals surface area contributed by atoms with Crippen LogP contribution in [0.4, 0.5) is 34.6 Å². The van der Waals surface area contributed by atoms with Crippen LogP contribution in [0.1, 0.15) is 130 Å². The fourth-order valence-electron chi connectivity index (χ4n) is 19.1. The molecule has 638 valence electrons. The predicted molar refractivity (Wildman–Crippen MR) is 451 cm³/mol. The number of phenolic OH excluding ortho intramolecular Hbond substituents is 3. The molecular weight excluding hydrogens is 1720 g/mol. The molecule has 12 aromatic rings. The second-order valence-corrected chi connectivity index (χ2v) is 36.9. The van der Waals surface area contributed by atoms with Crippen molar-refractivity contribution in [3.8, 4) is 50.6 Å². The Morgan fingerprint density at radius 3 is 0.780 bits per heavy atom. The number of phenols is 3. The van der Waals surface area contributed by atoms with Gasteiger partial charge in [0.05, 0.1) is 65.9 Å². The number of amides is 3. The monoisotopic (exact) mass is 1810 g/mol. The maximum absolute atomic E-state index is 13.9. The Morgan fingerprint density at radius 1 is 0.299 bits per heavy atom. The number of hydrogen-bond acceptors (Lipinski definition) is 17. The molecule has 0 radical (unpaired) electrons. The SMILES string of the molecule is O=C1N(c2ccc(F)cc2)[C@H](c2ccc(-c3ccc(S(=O)(=O)O)cc3)cc2O)C12CCC(O)(c1ccc(F)cc1)CC2.O=C1N(c2ccc(F)cc2)[C@H](c2ccc(-c3ccc(S(=O)(=O)[O-])cc3)cc2O)C12CCC(O)(c1ccccc1)CC2.O=C1N(c2ccccc2)[C@H](c2ccc(-c3ccc(S(=O)(=O)[O-])cc3)cc2O)C12CCC(O)(c1ccc(F)cc1)CC2.[H-].[Na+].[Na+].[Na+]. The molecule has 6 aliphatic rings. The zero-order valence-corrected chi connectivity index (χ0v) is 77.5. The van der Waals surface area contributed by atoms with Crippen LogP contribution in [0, 0.1) is 39.5 Å². The van der Waals surface area contributed by atoms with E-state index in [2.05, 4.69) is 0 Å². The number of rotatable bonds is 15. The average molecular weight is 1810 g/mol. The number of carbonyl (C=O) groups is 3. The van der Waals surface area contributed by atoms with Gasteiger partial charge in [-0.1, -0.05) is 146 Å². The zero-order chi connectivity index (χ0) is 87.8. The Bertz CT molecular complexity index is 6470. The molecule has 3 aliphatic carbocycles. The minimum atomic E-state index is -4.58. The van der Waals surface area contributed by atoms with Crippen molar-refractivity contribution in [2.24, 2.45) is 16.2 Å². The third kappa shape index (κ3) is 18.3. The fourth-order valence-corrected chi connectivity index (χ4v) is 20.5. The molecule has 0 aromatic heterocycles. The van der Waals surface area contributed by atoms with Crippen LogP contribution >= 0.6 is 0 Å². The van der Waals surface area contributed by atoms with Crippen molar-refractivity contribution in [2.45, 2.75) is 127 Å². The van der Waals surface area contributed by atoms with Gasteiger partial charge in [-0.05, 0) is 267 Å². The minimum absolute atomic E-state index is 0. The Kier molecular flexibility index (Phi) is 27.8. The van der Waals surface area contributed by atoms with E-state index < -0.39 is 99.0 Å². The third-order valence-corrected chi connectivity index (χ3v) is 28.5. The first kappa shape index (κ1) is 95.4. The number of halogens is 4. The van der Waals surface area contributed by atoms with Crippen molar-refractivity contribution in [1.29, 1.82) is 0 Å². The molecule has 21 nitrogen and oxygen atoms in total. The van der Waals surface area contributed by atoms with Crippen molar-refractivity contribution in [2.75, 3.05) is 14.7 Å². The molecule has 3 spiro atoms. The quantitative estimate of drug-likeness (QED) is 0.0219. The van der Waals surface area contributed by atoms with Crippen LogP contribution in [0.2, 0.25) is 0 Å². The predicted octanol–water partition coefficient (Wildman–Crippen LogP) is 8.52. The number of nitrogens with zero attached hydrogens (tertiary/aromatic N) is 3. The van der Waals surface area contributed by atoms with E-state index in [1.165, 1.54) is 157 Å². The number of aliphatic hydroxyl groups is 3. The average Bonchev–Trinajstić information content (AvgIpc) is 0.701. The molecule has 7 N–H and O–H groups in total. The third-order valence-electron chi connectivity index (χ3n) is 25.9. The summed E-state index contributed by atoms with van der Waals surface area (Å²) >= 11 is 0. The van der Waals surface area contributed by atoms with Crippen LogP contribution < -0.4 is 103 Å². The molecule has 3 saturated carbocycles. The van der Waals surface area contributed by atoms with Crippen molar-refractivity contribution in [3.63, 3.8) is 0 Å². The molecule has 3 saturated heterocycles. The van der Waals surface area contributed by atoms with Crippen molar-refractivity contribution < 1.29 is 192 Å². The van der Waals surface area contributed by atoms with Gasteiger partial charge in [0.1, 0.15) is 60.8 Å². The number of β-lactam (4-membered cyclic amide) rings is 3. The van der Waals surface area contributed by atoms with Crippen LogP contribution in [0.5, 0.6) is 17.2 Å². The summed E-state index contributed by atoms with van der Waals surface area (Å²) in [6.07, 6.45) is 3.98. The van der Waals surface area contributed by atoms with Gasteiger partial charge in [-0.15, -0.1) is 0 Å². The van der Waals surface area contributed by atoms with Gasteiger partial charge < -0.3 is 55.9 Å². The number of carbonyl (C=O) groups excluding carboxylic acids is 3.